The third-order valence-corrected chi connectivity index (χ3v) is 4.94. The van der Waals surface area contributed by atoms with E-state index in [-0.39, 0.29) is 6.42 Å². The first-order valence-electron chi connectivity index (χ1n) is 7.82. The molecule has 0 unspecified atom stereocenters. The van der Waals surface area contributed by atoms with Crippen LogP contribution in [0, 0.1) is 53.5 Å². The highest BCUT2D eigenvalue weighted by molar-refractivity contribution is 6.24. The van der Waals surface area contributed by atoms with Crippen LogP contribution in [0.5, 0.6) is 0 Å². The van der Waals surface area contributed by atoms with Crippen LogP contribution in [-0.2, 0) is 6.42 Å². The van der Waals surface area contributed by atoms with Crippen molar-refractivity contribution in [2.75, 3.05) is 0 Å². The van der Waals surface area contributed by atoms with Crippen LogP contribution >= 0.6 is 0 Å². The molecule has 0 amide bonds. The molecule has 0 bridgehead atoms. The van der Waals surface area contributed by atoms with E-state index in [1.807, 2.05) is 0 Å². The van der Waals surface area contributed by atoms with Gasteiger partial charge in [0.25, 0.3) is 0 Å². The van der Waals surface area contributed by atoms with Crippen molar-refractivity contribution in [2.45, 2.75) is 20.3 Å². The molecule has 8 heteroatoms. The topological polar surface area (TPSA) is 0 Å². The molecular formula is C19H8F8. The molecule has 0 aliphatic rings. The first-order valence-corrected chi connectivity index (χ1v) is 7.82. The average Bonchev–Trinajstić information content (AvgIpc) is 2.63. The summed E-state index contributed by atoms with van der Waals surface area (Å²) in [6.07, 6.45) is -0.332. The highest BCUT2D eigenvalue weighted by atomic mass is 19.2. The highest BCUT2D eigenvalue weighted by Gasteiger charge is 2.33. The monoisotopic (exact) mass is 388 g/mol. The van der Waals surface area contributed by atoms with Crippen LogP contribution in [0.1, 0.15) is 18.1 Å². The Morgan fingerprint density at radius 2 is 0.778 bits per heavy atom. The Kier molecular flexibility index (Phi) is 3.57. The molecular weight excluding hydrogens is 380 g/mol. The van der Waals surface area contributed by atoms with Crippen molar-refractivity contribution < 1.29 is 35.1 Å². The summed E-state index contributed by atoms with van der Waals surface area (Å²) < 4.78 is 116. The molecule has 0 aliphatic carbocycles. The molecule has 27 heavy (non-hydrogen) atoms. The number of aryl methyl sites for hydroxylation is 1. The predicted octanol–water partition coefficient (Wildman–Crippen LogP) is 6.57. The van der Waals surface area contributed by atoms with Crippen molar-refractivity contribution in [2.24, 2.45) is 0 Å². The van der Waals surface area contributed by atoms with Crippen molar-refractivity contribution in [1.82, 2.24) is 0 Å². The molecule has 4 rings (SSSR count). The van der Waals surface area contributed by atoms with Gasteiger partial charge in [-0.05, 0) is 13.3 Å². The van der Waals surface area contributed by atoms with Crippen LogP contribution in [0.4, 0.5) is 35.1 Å². The van der Waals surface area contributed by atoms with Gasteiger partial charge in [-0.1, -0.05) is 6.92 Å². The lowest BCUT2D eigenvalue weighted by atomic mass is 9.87. The Morgan fingerprint density at radius 1 is 0.444 bits per heavy atom. The first-order chi connectivity index (χ1) is 12.6. The maximum absolute atomic E-state index is 14.7. The lowest BCUT2D eigenvalue weighted by Gasteiger charge is -2.19. The second-order valence-electron chi connectivity index (χ2n) is 6.22. The Labute approximate surface area is 146 Å². The Hall–Kier alpha value is -2.64. The Bertz CT molecular complexity index is 1260. The van der Waals surface area contributed by atoms with E-state index in [1.54, 1.807) is 0 Å². The van der Waals surface area contributed by atoms with Crippen molar-refractivity contribution in [3.8, 4) is 0 Å². The van der Waals surface area contributed by atoms with E-state index in [1.165, 1.54) is 6.92 Å². The van der Waals surface area contributed by atoms with Gasteiger partial charge in [-0.15, -0.1) is 0 Å². The molecule has 0 saturated carbocycles. The van der Waals surface area contributed by atoms with Crippen molar-refractivity contribution in [3.63, 3.8) is 0 Å². The maximum Gasteiger partial charge on any atom is 0.170 e. The van der Waals surface area contributed by atoms with Gasteiger partial charge in [-0.25, -0.2) is 35.1 Å². The summed E-state index contributed by atoms with van der Waals surface area (Å²) in [6.45, 7) is 2.14. The standard InChI is InChI=1S/C19H8F8/c1-3-5-6-7-8-9(17(25)15(6)23)12(20)4(2)13(21)10(8)18(26)19(27)11(7)16(24)14(5)22/h3H2,1-2H3. The van der Waals surface area contributed by atoms with Gasteiger partial charge in [-0.3, -0.25) is 0 Å². The quantitative estimate of drug-likeness (QED) is 0.256. The molecule has 0 aromatic heterocycles. The van der Waals surface area contributed by atoms with Crippen LogP contribution < -0.4 is 0 Å². The smallest absolute Gasteiger partial charge is 0.170 e. The molecule has 0 spiro atoms. The Balaban J connectivity index is 2.61. The number of halogens is 8. The second-order valence-corrected chi connectivity index (χ2v) is 6.22. The molecule has 0 atom stereocenters. The van der Waals surface area contributed by atoms with E-state index in [4.69, 9.17) is 0 Å². The van der Waals surface area contributed by atoms with Crippen LogP contribution in [0.2, 0.25) is 0 Å². The van der Waals surface area contributed by atoms with Crippen LogP contribution in [-0.4, -0.2) is 0 Å². The SMILES string of the molecule is CCc1c(F)c(F)c2c(F)c(F)c3c(F)c(C)c(F)c4c(F)c(F)c1c2c34. The lowest BCUT2D eigenvalue weighted by molar-refractivity contribution is 0.487. The molecule has 0 heterocycles. The summed E-state index contributed by atoms with van der Waals surface area (Å²) in [5.74, 6) is -14.1. The number of hydrogen-bond donors (Lipinski definition) is 0. The Morgan fingerprint density at radius 3 is 1.22 bits per heavy atom. The molecule has 4 aromatic carbocycles. The van der Waals surface area contributed by atoms with Gasteiger partial charge in [0.15, 0.2) is 34.9 Å². The molecule has 0 nitrogen and oxygen atoms in total. The van der Waals surface area contributed by atoms with Crippen molar-refractivity contribution in [3.05, 3.63) is 57.7 Å². The van der Waals surface area contributed by atoms with Gasteiger partial charge >= 0.3 is 0 Å². The number of rotatable bonds is 1. The molecule has 4 aromatic rings. The van der Waals surface area contributed by atoms with E-state index >= 15 is 0 Å². The summed E-state index contributed by atoms with van der Waals surface area (Å²) >= 11 is 0. The highest BCUT2D eigenvalue weighted by Crippen LogP contribution is 2.46. The van der Waals surface area contributed by atoms with Crippen molar-refractivity contribution in [1.29, 1.82) is 0 Å². The largest absolute Gasteiger partial charge is 0.206 e. The fourth-order valence-corrected chi connectivity index (χ4v) is 3.68. The third-order valence-electron chi connectivity index (χ3n) is 4.94. The summed E-state index contributed by atoms with van der Waals surface area (Å²) in [6, 6.07) is 0. The summed E-state index contributed by atoms with van der Waals surface area (Å²) in [7, 11) is 0. The second kappa shape index (κ2) is 5.43. The summed E-state index contributed by atoms with van der Waals surface area (Å²) in [4.78, 5) is 0. The van der Waals surface area contributed by atoms with Crippen molar-refractivity contribution >= 4 is 32.3 Å². The molecule has 0 aliphatic heterocycles. The van der Waals surface area contributed by atoms with E-state index in [2.05, 4.69) is 0 Å². The van der Waals surface area contributed by atoms with Crippen LogP contribution in [0.15, 0.2) is 0 Å². The minimum absolute atomic E-state index is 0.332. The van der Waals surface area contributed by atoms with Gasteiger partial charge in [0, 0.05) is 27.3 Å². The maximum atomic E-state index is 14.7. The molecule has 0 radical (unpaired) electrons. The van der Waals surface area contributed by atoms with Gasteiger partial charge in [0.1, 0.15) is 11.6 Å². The molecule has 0 fully saturated rings. The van der Waals surface area contributed by atoms with E-state index in [9.17, 15) is 35.1 Å². The fraction of sp³-hybridized carbons (Fsp3) is 0.158. The first kappa shape index (κ1) is 17.8. The minimum Gasteiger partial charge on any atom is -0.206 e. The number of benzene rings is 4. The van der Waals surface area contributed by atoms with Gasteiger partial charge in [0.2, 0.25) is 0 Å². The fourth-order valence-electron chi connectivity index (χ4n) is 3.68. The summed E-state index contributed by atoms with van der Waals surface area (Å²) in [5.41, 5.74) is -1.51. The normalized spacial score (nSPS) is 12.2. The van der Waals surface area contributed by atoms with E-state index < -0.39 is 90.0 Å². The third kappa shape index (κ3) is 1.88. The zero-order valence-electron chi connectivity index (χ0n) is 13.7. The number of hydrogen-bond acceptors (Lipinski definition) is 0. The van der Waals surface area contributed by atoms with Gasteiger partial charge < -0.3 is 0 Å². The van der Waals surface area contributed by atoms with E-state index in [0.29, 0.717) is 0 Å². The average molecular weight is 388 g/mol. The molecule has 140 valence electrons. The molecule has 0 N–H and O–H groups in total. The molecule has 0 saturated heterocycles. The van der Waals surface area contributed by atoms with E-state index in [0.717, 1.165) is 6.92 Å². The van der Waals surface area contributed by atoms with Gasteiger partial charge in [0.05, 0.1) is 16.2 Å². The zero-order chi connectivity index (χ0) is 19.9. The minimum atomic E-state index is -1.97. The predicted molar refractivity (Wildman–Crippen MR) is 83.9 cm³/mol. The lowest BCUT2D eigenvalue weighted by Crippen LogP contribution is -2.08. The zero-order valence-corrected chi connectivity index (χ0v) is 13.7. The van der Waals surface area contributed by atoms with Gasteiger partial charge in [-0.2, -0.15) is 0 Å². The van der Waals surface area contributed by atoms with Crippen LogP contribution in [0.3, 0.4) is 0 Å². The van der Waals surface area contributed by atoms with Crippen LogP contribution in [0.25, 0.3) is 32.3 Å². The summed E-state index contributed by atoms with van der Waals surface area (Å²) in [5, 5.41) is -6.16.